The van der Waals surface area contributed by atoms with Crippen LogP contribution in [0.25, 0.3) is 71.3 Å². The Balaban J connectivity index is 1.42. The van der Waals surface area contributed by atoms with Crippen LogP contribution in [-0.2, 0) is 0 Å². The van der Waals surface area contributed by atoms with Gasteiger partial charge >= 0.3 is 0 Å². The Kier molecular flexibility index (Phi) is 4.86. The van der Waals surface area contributed by atoms with E-state index in [-0.39, 0.29) is 0 Å². The van der Waals surface area contributed by atoms with E-state index in [9.17, 15) is 0 Å². The minimum absolute atomic E-state index is 1.16. The van der Waals surface area contributed by atoms with Crippen LogP contribution in [-0.4, -0.2) is 9.55 Å². The van der Waals surface area contributed by atoms with E-state index in [1.807, 2.05) is 12.4 Å². The standard InChI is InChI=1S/C37H24N2/c1-3-9-25(10-4-1)26-15-17-29(18-16-26)39-36-14-8-7-13-31(36)34-22-28-21-32(27-11-5-2-6-12-27)30-19-20-38-24-35(30)33(28)23-37(34)39/h1-24H. The summed E-state index contributed by atoms with van der Waals surface area (Å²) in [7, 11) is 0. The highest BCUT2D eigenvalue weighted by molar-refractivity contribution is 6.20. The summed E-state index contributed by atoms with van der Waals surface area (Å²) in [5.41, 5.74) is 8.47. The fraction of sp³-hybridized carbons (Fsp3) is 0. The first-order chi connectivity index (χ1) is 19.3. The van der Waals surface area contributed by atoms with Gasteiger partial charge in [0.15, 0.2) is 0 Å². The molecule has 8 rings (SSSR count). The van der Waals surface area contributed by atoms with Crippen LogP contribution in [0.1, 0.15) is 0 Å². The predicted molar refractivity (Wildman–Crippen MR) is 164 cm³/mol. The van der Waals surface area contributed by atoms with Crippen molar-refractivity contribution in [1.29, 1.82) is 0 Å². The number of hydrogen-bond acceptors (Lipinski definition) is 1. The number of aromatic nitrogens is 2. The minimum atomic E-state index is 1.16. The van der Waals surface area contributed by atoms with E-state index < -0.39 is 0 Å². The third kappa shape index (κ3) is 3.46. The van der Waals surface area contributed by atoms with Crippen molar-refractivity contribution in [2.45, 2.75) is 0 Å². The fourth-order valence-corrected chi connectivity index (χ4v) is 6.03. The Labute approximate surface area is 226 Å². The van der Waals surface area contributed by atoms with Crippen molar-refractivity contribution in [2.75, 3.05) is 0 Å². The van der Waals surface area contributed by atoms with Crippen LogP contribution in [0.3, 0.4) is 0 Å². The third-order valence-corrected chi connectivity index (χ3v) is 7.86. The molecule has 0 radical (unpaired) electrons. The molecule has 0 saturated heterocycles. The highest BCUT2D eigenvalue weighted by atomic mass is 15.0. The lowest BCUT2D eigenvalue weighted by Gasteiger charge is -2.13. The maximum absolute atomic E-state index is 4.53. The van der Waals surface area contributed by atoms with Crippen LogP contribution in [0.2, 0.25) is 0 Å². The molecular weight excluding hydrogens is 472 g/mol. The van der Waals surface area contributed by atoms with Gasteiger partial charge in [0.25, 0.3) is 0 Å². The first kappa shape index (κ1) is 21.8. The Hall–Kier alpha value is -5.21. The summed E-state index contributed by atoms with van der Waals surface area (Å²) in [6.07, 6.45) is 3.90. The number of rotatable bonds is 3. The van der Waals surface area contributed by atoms with Crippen molar-refractivity contribution in [2.24, 2.45) is 0 Å². The number of fused-ring (bicyclic) bond motifs is 6. The summed E-state index contributed by atoms with van der Waals surface area (Å²) >= 11 is 0. The summed E-state index contributed by atoms with van der Waals surface area (Å²) in [4.78, 5) is 4.53. The van der Waals surface area contributed by atoms with Gasteiger partial charge in [0.05, 0.1) is 11.0 Å². The van der Waals surface area contributed by atoms with Crippen molar-refractivity contribution in [3.8, 4) is 27.9 Å². The third-order valence-electron chi connectivity index (χ3n) is 7.86. The molecule has 0 aliphatic carbocycles. The lowest BCUT2D eigenvalue weighted by molar-refractivity contribution is 1.18. The normalized spacial score (nSPS) is 11.6. The summed E-state index contributed by atoms with van der Waals surface area (Å²) < 4.78 is 2.40. The van der Waals surface area contributed by atoms with Crippen LogP contribution in [0.5, 0.6) is 0 Å². The molecule has 2 nitrogen and oxygen atoms in total. The second-order valence-electron chi connectivity index (χ2n) is 10.1. The van der Waals surface area contributed by atoms with Gasteiger partial charge in [-0.2, -0.15) is 0 Å². The Morgan fingerprint density at radius 1 is 0.436 bits per heavy atom. The van der Waals surface area contributed by atoms with Gasteiger partial charge in [-0.25, -0.2) is 0 Å². The Morgan fingerprint density at radius 2 is 1.13 bits per heavy atom. The molecule has 0 unspecified atom stereocenters. The number of hydrogen-bond donors (Lipinski definition) is 0. The molecule has 0 bridgehead atoms. The molecule has 0 atom stereocenters. The van der Waals surface area contributed by atoms with E-state index in [1.165, 1.54) is 65.6 Å². The van der Waals surface area contributed by atoms with Crippen LogP contribution < -0.4 is 0 Å². The zero-order chi connectivity index (χ0) is 25.8. The Bertz CT molecular complexity index is 2140. The molecule has 6 aromatic carbocycles. The average molecular weight is 497 g/mol. The van der Waals surface area contributed by atoms with Gasteiger partial charge in [-0.05, 0) is 80.9 Å². The van der Waals surface area contributed by atoms with E-state index in [1.54, 1.807) is 0 Å². The van der Waals surface area contributed by atoms with Crippen LogP contribution in [0, 0.1) is 0 Å². The summed E-state index contributed by atoms with van der Waals surface area (Å²) in [6.45, 7) is 0. The monoisotopic (exact) mass is 496 g/mol. The zero-order valence-corrected chi connectivity index (χ0v) is 21.3. The van der Waals surface area contributed by atoms with Crippen molar-refractivity contribution < 1.29 is 0 Å². The average Bonchev–Trinajstić information content (AvgIpc) is 3.34. The van der Waals surface area contributed by atoms with Crippen LogP contribution >= 0.6 is 0 Å². The topological polar surface area (TPSA) is 17.8 Å². The highest BCUT2D eigenvalue weighted by Gasteiger charge is 2.16. The number of pyridine rings is 1. The van der Waals surface area contributed by atoms with Crippen molar-refractivity contribution >= 4 is 43.4 Å². The van der Waals surface area contributed by atoms with Gasteiger partial charge in [-0.3, -0.25) is 4.98 Å². The molecule has 0 aliphatic rings. The predicted octanol–water partition coefficient (Wildman–Crippen LogP) is 9.82. The van der Waals surface area contributed by atoms with E-state index in [4.69, 9.17) is 0 Å². The first-order valence-corrected chi connectivity index (χ1v) is 13.3. The largest absolute Gasteiger partial charge is 0.309 e. The Morgan fingerprint density at radius 3 is 1.92 bits per heavy atom. The highest BCUT2D eigenvalue weighted by Crippen LogP contribution is 2.40. The van der Waals surface area contributed by atoms with Gasteiger partial charge in [-0.15, -0.1) is 0 Å². The SMILES string of the molecule is c1ccc(-c2ccc(-n3c4ccccc4c4cc5cc(-c6ccccc6)c6ccncc6c5cc43)cc2)cc1. The van der Waals surface area contributed by atoms with Crippen molar-refractivity contribution in [1.82, 2.24) is 9.55 Å². The van der Waals surface area contributed by atoms with E-state index in [0.717, 1.165) is 5.69 Å². The van der Waals surface area contributed by atoms with Gasteiger partial charge in [0.2, 0.25) is 0 Å². The maximum Gasteiger partial charge on any atom is 0.0547 e. The second kappa shape index (κ2) is 8.68. The molecule has 182 valence electrons. The van der Waals surface area contributed by atoms with Gasteiger partial charge in [-0.1, -0.05) is 91.0 Å². The first-order valence-electron chi connectivity index (χ1n) is 13.3. The fourth-order valence-electron chi connectivity index (χ4n) is 6.03. The van der Waals surface area contributed by atoms with Gasteiger partial charge in [0, 0.05) is 34.2 Å². The number of benzene rings is 6. The molecule has 8 aromatic rings. The lowest BCUT2D eigenvalue weighted by Crippen LogP contribution is -1.94. The molecular formula is C37H24N2. The number of nitrogens with zero attached hydrogens (tertiary/aromatic N) is 2. The second-order valence-corrected chi connectivity index (χ2v) is 10.1. The summed E-state index contributed by atoms with van der Waals surface area (Å²) in [6, 6.07) is 48.0. The molecule has 0 spiro atoms. The lowest BCUT2D eigenvalue weighted by atomic mass is 9.93. The quantitative estimate of drug-likeness (QED) is 0.223. The van der Waals surface area contributed by atoms with E-state index >= 15 is 0 Å². The molecule has 0 amide bonds. The van der Waals surface area contributed by atoms with Crippen molar-refractivity contribution in [3.63, 3.8) is 0 Å². The van der Waals surface area contributed by atoms with Crippen molar-refractivity contribution in [3.05, 3.63) is 146 Å². The molecule has 0 aliphatic heterocycles. The van der Waals surface area contributed by atoms with Crippen LogP contribution in [0.15, 0.2) is 146 Å². The molecule has 2 aromatic heterocycles. The molecule has 0 fully saturated rings. The maximum atomic E-state index is 4.53. The van der Waals surface area contributed by atoms with Crippen LogP contribution in [0.4, 0.5) is 0 Å². The molecule has 2 heteroatoms. The molecule has 0 saturated carbocycles. The summed E-state index contributed by atoms with van der Waals surface area (Å²) in [5.74, 6) is 0. The van der Waals surface area contributed by atoms with Gasteiger partial charge in [0.1, 0.15) is 0 Å². The molecule has 39 heavy (non-hydrogen) atoms. The van der Waals surface area contributed by atoms with E-state index in [0.29, 0.717) is 0 Å². The zero-order valence-electron chi connectivity index (χ0n) is 21.3. The molecule has 2 heterocycles. The smallest absolute Gasteiger partial charge is 0.0547 e. The molecule has 0 N–H and O–H groups in total. The minimum Gasteiger partial charge on any atom is -0.309 e. The number of para-hydroxylation sites is 1. The van der Waals surface area contributed by atoms with E-state index in [2.05, 4.69) is 143 Å². The summed E-state index contributed by atoms with van der Waals surface area (Å²) in [5, 5.41) is 7.35. The van der Waals surface area contributed by atoms with Gasteiger partial charge < -0.3 is 4.57 Å².